The summed E-state index contributed by atoms with van der Waals surface area (Å²) in [7, 11) is 1.48. The van der Waals surface area contributed by atoms with Crippen molar-refractivity contribution < 1.29 is 18.6 Å². The van der Waals surface area contributed by atoms with Crippen LogP contribution in [0, 0.1) is 11.6 Å². The third-order valence-corrected chi connectivity index (χ3v) is 2.45. The van der Waals surface area contributed by atoms with E-state index in [-0.39, 0.29) is 18.3 Å². The molecule has 1 aromatic carbocycles. The lowest BCUT2D eigenvalue weighted by atomic mass is 10.2. The second-order valence-corrected chi connectivity index (χ2v) is 3.76. The number of aromatic nitrogens is 1. The van der Waals surface area contributed by atoms with Crippen LogP contribution in [0.3, 0.4) is 0 Å². The first-order chi connectivity index (χ1) is 9.13. The number of aliphatic hydroxyl groups is 1. The topological polar surface area (TPSA) is 54.4 Å². The number of nitrogens with zero attached hydrogens (tertiary/aromatic N) is 1. The minimum absolute atomic E-state index is 0.0899. The molecule has 2 rings (SSSR count). The number of ether oxygens (including phenoxy) is 1. The van der Waals surface area contributed by atoms with Gasteiger partial charge in [0.2, 0.25) is 0 Å². The van der Waals surface area contributed by atoms with Gasteiger partial charge in [-0.2, -0.15) is 4.98 Å². The van der Waals surface area contributed by atoms with E-state index in [1.165, 1.54) is 7.05 Å². The van der Waals surface area contributed by atoms with E-state index in [4.69, 9.17) is 9.84 Å². The van der Waals surface area contributed by atoms with Gasteiger partial charge in [-0.1, -0.05) is 12.1 Å². The highest BCUT2D eigenvalue weighted by Crippen LogP contribution is 2.25. The first-order valence-corrected chi connectivity index (χ1v) is 5.55. The number of hydrogen-bond acceptors (Lipinski definition) is 4. The Labute approximate surface area is 108 Å². The SMILES string of the molecule is CNc1nc(Oc2ccc(CO)cc2)c(F)cc1F. The van der Waals surface area contributed by atoms with Crippen molar-refractivity contribution in [3.63, 3.8) is 0 Å². The molecule has 0 fully saturated rings. The van der Waals surface area contributed by atoms with E-state index < -0.39 is 11.6 Å². The predicted octanol–water partition coefficient (Wildman–Crippen LogP) is 2.69. The van der Waals surface area contributed by atoms with E-state index in [0.29, 0.717) is 17.4 Å². The highest BCUT2D eigenvalue weighted by atomic mass is 19.1. The molecule has 19 heavy (non-hydrogen) atoms. The summed E-state index contributed by atoms with van der Waals surface area (Å²) in [5.41, 5.74) is 0.704. The monoisotopic (exact) mass is 266 g/mol. The molecular formula is C13H12F2N2O2. The molecule has 100 valence electrons. The summed E-state index contributed by atoms with van der Waals surface area (Å²) >= 11 is 0. The Morgan fingerprint density at radius 3 is 2.47 bits per heavy atom. The molecule has 0 aliphatic rings. The highest BCUT2D eigenvalue weighted by molar-refractivity contribution is 5.40. The van der Waals surface area contributed by atoms with Gasteiger partial charge in [-0.3, -0.25) is 0 Å². The molecule has 0 saturated heterocycles. The van der Waals surface area contributed by atoms with Gasteiger partial charge in [0.15, 0.2) is 17.5 Å². The number of aliphatic hydroxyl groups excluding tert-OH is 1. The van der Waals surface area contributed by atoms with E-state index in [9.17, 15) is 8.78 Å². The number of hydrogen-bond donors (Lipinski definition) is 2. The Kier molecular flexibility index (Phi) is 3.91. The number of anilines is 1. The maximum atomic E-state index is 13.5. The normalized spacial score (nSPS) is 10.3. The summed E-state index contributed by atoms with van der Waals surface area (Å²) in [6, 6.07) is 7.10. The van der Waals surface area contributed by atoms with E-state index in [1.54, 1.807) is 24.3 Å². The Hall–Kier alpha value is -2.21. The van der Waals surface area contributed by atoms with Crippen molar-refractivity contribution in [3.05, 3.63) is 47.5 Å². The molecule has 0 aliphatic heterocycles. The van der Waals surface area contributed by atoms with Crippen molar-refractivity contribution in [2.45, 2.75) is 6.61 Å². The van der Waals surface area contributed by atoms with Crippen molar-refractivity contribution in [1.29, 1.82) is 0 Å². The van der Waals surface area contributed by atoms with Crippen LogP contribution in [-0.4, -0.2) is 17.1 Å². The van der Waals surface area contributed by atoms with E-state index >= 15 is 0 Å². The largest absolute Gasteiger partial charge is 0.436 e. The lowest BCUT2D eigenvalue weighted by Gasteiger charge is -2.08. The smallest absolute Gasteiger partial charge is 0.258 e. The van der Waals surface area contributed by atoms with Gasteiger partial charge in [0, 0.05) is 13.1 Å². The lowest BCUT2D eigenvalue weighted by molar-refractivity contribution is 0.281. The number of pyridine rings is 1. The van der Waals surface area contributed by atoms with Crippen molar-refractivity contribution in [3.8, 4) is 11.6 Å². The molecule has 2 N–H and O–H groups in total. The van der Waals surface area contributed by atoms with Gasteiger partial charge in [-0.25, -0.2) is 8.78 Å². The molecule has 0 amide bonds. The molecule has 2 aromatic rings. The summed E-state index contributed by atoms with van der Waals surface area (Å²) in [5, 5.41) is 11.4. The molecule has 6 heteroatoms. The van der Waals surface area contributed by atoms with Gasteiger partial charge in [0.25, 0.3) is 5.88 Å². The quantitative estimate of drug-likeness (QED) is 0.893. The fourth-order valence-electron chi connectivity index (χ4n) is 1.47. The molecule has 0 bridgehead atoms. The summed E-state index contributed by atoms with van der Waals surface area (Å²) in [6.07, 6.45) is 0. The fraction of sp³-hybridized carbons (Fsp3) is 0.154. The second kappa shape index (κ2) is 5.62. The number of benzene rings is 1. The van der Waals surface area contributed by atoms with Crippen LogP contribution in [0.4, 0.5) is 14.6 Å². The van der Waals surface area contributed by atoms with Gasteiger partial charge in [-0.15, -0.1) is 0 Å². The summed E-state index contributed by atoms with van der Waals surface area (Å²) < 4.78 is 32.0. The Morgan fingerprint density at radius 1 is 1.21 bits per heavy atom. The van der Waals surface area contributed by atoms with Gasteiger partial charge < -0.3 is 15.2 Å². The predicted molar refractivity (Wildman–Crippen MR) is 66.1 cm³/mol. The summed E-state index contributed by atoms with van der Waals surface area (Å²) in [6.45, 7) is -0.0899. The minimum Gasteiger partial charge on any atom is -0.436 e. The van der Waals surface area contributed by atoms with Crippen LogP contribution in [0.1, 0.15) is 5.56 Å². The Morgan fingerprint density at radius 2 is 1.89 bits per heavy atom. The van der Waals surface area contributed by atoms with Gasteiger partial charge >= 0.3 is 0 Å². The van der Waals surface area contributed by atoms with Gasteiger partial charge in [-0.05, 0) is 17.7 Å². The number of halogens is 2. The second-order valence-electron chi connectivity index (χ2n) is 3.76. The van der Waals surface area contributed by atoms with Crippen LogP contribution in [0.25, 0.3) is 0 Å². The zero-order valence-corrected chi connectivity index (χ0v) is 10.2. The Bertz CT molecular complexity index is 574. The molecule has 0 spiro atoms. The van der Waals surface area contributed by atoms with E-state index in [0.717, 1.165) is 0 Å². The standard InChI is InChI=1S/C13H12F2N2O2/c1-16-12-10(14)6-11(15)13(17-12)19-9-4-2-8(7-18)3-5-9/h2-6,18H,7H2,1H3,(H,16,17). The van der Waals surface area contributed by atoms with E-state index in [2.05, 4.69) is 10.3 Å². The lowest BCUT2D eigenvalue weighted by Crippen LogP contribution is -2.01. The summed E-state index contributed by atoms with van der Waals surface area (Å²) in [5.74, 6) is -1.74. The van der Waals surface area contributed by atoms with Crippen LogP contribution in [0.2, 0.25) is 0 Å². The molecule has 1 heterocycles. The van der Waals surface area contributed by atoms with Crippen LogP contribution in [0.5, 0.6) is 11.6 Å². The molecule has 0 aliphatic carbocycles. The third kappa shape index (κ3) is 2.97. The van der Waals surface area contributed by atoms with Crippen LogP contribution in [-0.2, 0) is 6.61 Å². The third-order valence-electron chi connectivity index (χ3n) is 2.45. The molecule has 0 radical (unpaired) electrons. The number of rotatable bonds is 4. The molecule has 0 saturated carbocycles. The fourth-order valence-corrected chi connectivity index (χ4v) is 1.47. The maximum absolute atomic E-state index is 13.5. The molecular weight excluding hydrogens is 254 g/mol. The minimum atomic E-state index is -0.886. The maximum Gasteiger partial charge on any atom is 0.258 e. The van der Waals surface area contributed by atoms with Gasteiger partial charge in [0.1, 0.15) is 5.75 Å². The first-order valence-electron chi connectivity index (χ1n) is 5.55. The van der Waals surface area contributed by atoms with E-state index in [1.807, 2.05) is 0 Å². The van der Waals surface area contributed by atoms with Crippen molar-refractivity contribution >= 4 is 5.82 Å². The van der Waals surface area contributed by atoms with Crippen molar-refractivity contribution in [2.24, 2.45) is 0 Å². The zero-order chi connectivity index (χ0) is 13.8. The van der Waals surface area contributed by atoms with Crippen LogP contribution >= 0.6 is 0 Å². The zero-order valence-electron chi connectivity index (χ0n) is 10.2. The number of nitrogens with one attached hydrogen (secondary N) is 1. The average Bonchev–Trinajstić information content (AvgIpc) is 2.42. The molecule has 4 nitrogen and oxygen atoms in total. The Balaban J connectivity index is 2.26. The van der Waals surface area contributed by atoms with Crippen molar-refractivity contribution in [2.75, 3.05) is 12.4 Å². The first kappa shape index (κ1) is 13.2. The molecule has 1 aromatic heterocycles. The van der Waals surface area contributed by atoms with Gasteiger partial charge in [0.05, 0.1) is 6.61 Å². The average molecular weight is 266 g/mol. The summed E-state index contributed by atoms with van der Waals surface area (Å²) in [4.78, 5) is 3.70. The molecule has 0 unspecified atom stereocenters. The molecule has 0 atom stereocenters. The van der Waals surface area contributed by atoms with Crippen molar-refractivity contribution in [1.82, 2.24) is 4.98 Å². The highest BCUT2D eigenvalue weighted by Gasteiger charge is 2.12. The van der Waals surface area contributed by atoms with Crippen LogP contribution < -0.4 is 10.1 Å². The van der Waals surface area contributed by atoms with Crippen LogP contribution in [0.15, 0.2) is 30.3 Å².